The molecule has 2 N–H and O–H groups in total. The van der Waals surface area contributed by atoms with Crippen molar-refractivity contribution >= 4 is 23.1 Å². The highest BCUT2D eigenvalue weighted by Crippen LogP contribution is 2.26. The van der Waals surface area contributed by atoms with E-state index in [1.54, 1.807) is 12.4 Å². The second-order valence-corrected chi connectivity index (χ2v) is 7.30. The Morgan fingerprint density at radius 1 is 1.26 bits per heavy atom. The van der Waals surface area contributed by atoms with E-state index in [4.69, 9.17) is 4.74 Å². The van der Waals surface area contributed by atoms with Crippen LogP contribution in [0.1, 0.15) is 33.3 Å². The van der Waals surface area contributed by atoms with Crippen LogP contribution in [0, 0.1) is 0 Å². The van der Waals surface area contributed by atoms with Crippen molar-refractivity contribution in [3.8, 4) is 11.3 Å². The first-order chi connectivity index (χ1) is 12.8. The van der Waals surface area contributed by atoms with E-state index in [1.165, 1.54) is 6.33 Å². The van der Waals surface area contributed by atoms with Gasteiger partial charge in [-0.15, -0.1) is 0 Å². The summed E-state index contributed by atoms with van der Waals surface area (Å²) in [7, 11) is 0. The Morgan fingerprint density at radius 3 is 2.70 bits per heavy atom. The number of ether oxygens (including phenoxy) is 1. The maximum Gasteiger partial charge on any atom is 0.408 e. The average molecular weight is 365 g/mol. The zero-order valence-electron chi connectivity index (χ0n) is 15.9. The quantitative estimate of drug-likeness (QED) is 0.730. The van der Waals surface area contributed by atoms with E-state index >= 15 is 0 Å². The number of benzene rings is 1. The van der Waals surface area contributed by atoms with Crippen molar-refractivity contribution in [1.29, 1.82) is 0 Å². The summed E-state index contributed by atoms with van der Waals surface area (Å²) in [5.74, 6) is 0. The lowest BCUT2D eigenvalue weighted by Crippen LogP contribution is -2.36. The summed E-state index contributed by atoms with van der Waals surface area (Å²) < 4.78 is 5.26. The normalized spacial score (nSPS) is 13.0. The van der Waals surface area contributed by atoms with E-state index in [1.807, 2.05) is 58.0 Å². The van der Waals surface area contributed by atoms with E-state index in [9.17, 15) is 4.79 Å². The zero-order chi connectivity index (χ0) is 19.4. The average Bonchev–Trinajstić information content (AvgIpc) is 3.02. The van der Waals surface area contributed by atoms with E-state index in [0.717, 1.165) is 27.7 Å². The standard InChI is InChI=1S/C20H23N5O2/c1-13(23-19(26)27-20(2,3)4)5-6-14-7-8-17-16(9-14)18(25-24-17)15-10-21-12-22-11-15/h5-13H,1-4H3,(H,23,26)(H,24,25)/b6-5+/t13-/m0/s1. The predicted molar refractivity (Wildman–Crippen MR) is 105 cm³/mol. The summed E-state index contributed by atoms with van der Waals surface area (Å²) in [6, 6.07) is 5.84. The molecule has 0 spiro atoms. The molecular formula is C20H23N5O2. The molecule has 7 nitrogen and oxygen atoms in total. The molecule has 1 amide bonds. The number of carbonyl (C=O) groups is 1. The van der Waals surface area contributed by atoms with Gasteiger partial charge in [0.2, 0.25) is 0 Å². The van der Waals surface area contributed by atoms with Crippen LogP contribution < -0.4 is 5.32 Å². The molecule has 27 heavy (non-hydrogen) atoms. The number of aromatic nitrogens is 4. The van der Waals surface area contributed by atoms with Crippen molar-refractivity contribution in [2.75, 3.05) is 0 Å². The summed E-state index contributed by atoms with van der Waals surface area (Å²) in [6.45, 7) is 7.40. The molecule has 3 rings (SSSR count). The minimum Gasteiger partial charge on any atom is -0.444 e. The van der Waals surface area contributed by atoms with Gasteiger partial charge >= 0.3 is 6.09 Å². The molecule has 2 aromatic heterocycles. The number of aromatic amines is 1. The lowest BCUT2D eigenvalue weighted by molar-refractivity contribution is 0.0518. The minimum atomic E-state index is -0.516. The van der Waals surface area contributed by atoms with Crippen molar-refractivity contribution in [2.24, 2.45) is 0 Å². The van der Waals surface area contributed by atoms with Gasteiger partial charge in [0.05, 0.1) is 5.52 Å². The van der Waals surface area contributed by atoms with Crippen LogP contribution in [-0.2, 0) is 4.74 Å². The number of rotatable bonds is 4. The van der Waals surface area contributed by atoms with E-state index in [2.05, 4.69) is 25.5 Å². The molecule has 0 unspecified atom stereocenters. The van der Waals surface area contributed by atoms with Crippen molar-refractivity contribution in [3.63, 3.8) is 0 Å². The van der Waals surface area contributed by atoms with Crippen LogP contribution in [-0.4, -0.2) is 37.9 Å². The molecule has 0 saturated carbocycles. The smallest absolute Gasteiger partial charge is 0.408 e. The van der Waals surface area contributed by atoms with Crippen LogP contribution in [0.15, 0.2) is 43.0 Å². The van der Waals surface area contributed by atoms with Gasteiger partial charge in [-0.25, -0.2) is 14.8 Å². The molecule has 0 aliphatic heterocycles. The highest BCUT2D eigenvalue weighted by atomic mass is 16.6. The maximum absolute atomic E-state index is 11.8. The van der Waals surface area contributed by atoms with E-state index in [0.29, 0.717) is 0 Å². The van der Waals surface area contributed by atoms with Gasteiger partial charge in [-0.2, -0.15) is 5.10 Å². The van der Waals surface area contributed by atoms with Crippen molar-refractivity contribution in [2.45, 2.75) is 39.3 Å². The summed E-state index contributed by atoms with van der Waals surface area (Å²) in [6.07, 6.45) is 8.40. The van der Waals surface area contributed by atoms with E-state index in [-0.39, 0.29) is 6.04 Å². The van der Waals surface area contributed by atoms with Crippen LogP contribution in [0.25, 0.3) is 28.2 Å². The summed E-state index contributed by atoms with van der Waals surface area (Å²) in [5.41, 5.74) is 3.08. The van der Waals surface area contributed by atoms with E-state index < -0.39 is 11.7 Å². The molecular weight excluding hydrogens is 342 g/mol. The maximum atomic E-state index is 11.8. The van der Waals surface area contributed by atoms with Crippen LogP contribution in [0.4, 0.5) is 4.79 Å². The van der Waals surface area contributed by atoms with Gasteiger partial charge in [-0.05, 0) is 45.4 Å². The molecule has 0 aliphatic carbocycles. The highest BCUT2D eigenvalue weighted by Gasteiger charge is 2.16. The predicted octanol–water partition coefficient (Wildman–Crippen LogP) is 3.95. The number of amides is 1. The molecule has 0 bridgehead atoms. The number of alkyl carbamates (subject to hydrolysis) is 1. The first-order valence-electron chi connectivity index (χ1n) is 8.73. The van der Waals surface area contributed by atoms with Crippen molar-refractivity contribution in [3.05, 3.63) is 48.6 Å². The Balaban J connectivity index is 1.75. The van der Waals surface area contributed by atoms with Gasteiger partial charge < -0.3 is 10.1 Å². The van der Waals surface area contributed by atoms with Crippen molar-refractivity contribution in [1.82, 2.24) is 25.5 Å². The van der Waals surface area contributed by atoms with Gasteiger partial charge in [0.25, 0.3) is 0 Å². The van der Waals surface area contributed by atoms with Gasteiger partial charge in [-0.1, -0.05) is 18.2 Å². The van der Waals surface area contributed by atoms with Gasteiger partial charge in [0.15, 0.2) is 0 Å². The molecule has 0 aliphatic rings. The number of nitrogens with zero attached hydrogens (tertiary/aromatic N) is 3. The number of fused-ring (bicyclic) bond motifs is 1. The lowest BCUT2D eigenvalue weighted by atomic mass is 10.1. The van der Waals surface area contributed by atoms with Crippen molar-refractivity contribution < 1.29 is 9.53 Å². The summed E-state index contributed by atoms with van der Waals surface area (Å²) in [4.78, 5) is 19.9. The fraction of sp³-hybridized carbons (Fsp3) is 0.300. The third kappa shape index (κ3) is 4.91. The van der Waals surface area contributed by atoms with Crippen LogP contribution in [0.3, 0.4) is 0 Å². The second-order valence-electron chi connectivity index (χ2n) is 7.30. The summed E-state index contributed by atoms with van der Waals surface area (Å²) in [5, 5.41) is 11.2. The molecule has 0 saturated heterocycles. The minimum absolute atomic E-state index is 0.165. The number of hydrogen-bond acceptors (Lipinski definition) is 5. The molecule has 140 valence electrons. The molecule has 7 heteroatoms. The van der Waals surface area contributed by atoms with Gasteiger partial charge in [0.1, 0.15) is 17.6 Å². The second kappa shape index (κ2) is 7.57. The fourth-order valence-electron chi connectivity index (χ4n) is 2.57. The lowest BCUT2D eigenvalue weighted by Gasteiger charge is -2.20. The SMILES string of the molecule is C[C@@H](/C=C/c1ccc2[nH]nc(-c3cncnc3)c2c1)NC(=O)OC(C)(C)C. The number of carbonyl (C=O) groups excluding carboxylic acids is 1. The molecule has 1 aromatic carbocycles. The molecule has 0 radical (unpaired) electrons. The Kier molecular flexibility index (Phi) is 5.21. The van der Waals surface area contributed by atoms with Crippen LogP contribution in [0.5, 0.6) is 0 Å². The number of nitrogens with one attached hydrogen (secondary N) is 2. The van der Waals surface area contributed by atoms with Crippen LogP contribution in [0.2, 0.25) is 0 Å². The van der Waals surface area contributed by atoms with Gasteiger partial charge in [0, 0.05) is 29.4 Å². The molecule has 0 fully saturated rings. The number of hydrogen-bond donors (Lipinski definition) is 2. The molecule has 2 heterocycles. The molecule has 1 atom stereocenters. The zero-order valence-corrected chi connectivity index (χ0v) is 15.9. The Labute approximate surface area is 157 Å². The highest BCUT2D eigenvalue weighted by molar-refractivity contribution is 5.93. The molecule has 3 aromatic rings. The monoisotopic (exact) mass is 365 g/mol. The van der Waals surface area contributed by atoms with Gasteiger partial charge in [-0.3, -0.25) is 5.10 Å². The Morgan fingerprint density at radius 2 is 2.00 bits per heavy atom. The Bertz CT molecular complexity index is 957. The Hall–Kier alpha value is -3.22. The fourth-order valence-corrected chi connectivity index (χ4v) is 2.57. The number of H-pyrrole nitrogens is 1. The largest absolute Gasteiger partial charge is 0.444 e. The third-order valence-corrected chi connectivity index (χ3v) is 3.74. The third-order valence-electron chi connectivity index (χ3n) is 3.74. The first kappa shape index (κ1) is 18.6. The summed E-state index contributed by atoms with van der Waals surface area (Å²) >= 11 is 0. The first-order valence-corrected chi connectivity index (χ1v) is 8.73. The van der Waals surface area contributed by atoms with Crippen LogP contribution >= 0.6 is 0 Å². The topological polar surface area (TPSA) is 92.8 Å².